The molecule has 1 aromatic carbocycles. The van der Waals surface area contributed by atoms with Crippen molar-refractivity contribution in [2.75, 3.05) is 13.1 Å². The zero-order valence-electron chi connectivity index (χ0n) is 11.5. The number of likely N-dealkylation sites (tertiary alicyclic amines) is 1. The molecule has 1 aliphatic heterocycles. The van der Waals surface area contributed by atoms with E-state index in [2.05, 4.69) is 0 Å². The van der Waals surface area contributed by atoms with Crippen molar-refractivity contribution in [3.05, 3.63) is 33.8 Å². The maximum atomic E-state index is 12.1. The van der Waals surface area contributed by atoms with Gasteiger partial charge < -0.3 is 10.0 Å². The van der Waals surface area contributed by atoms with E-state index in [4.69, 9.17) is 28.3 Å². The third-order valence-corrected chi connectivity index (χ3v) is 4.31. The van der Waals surface area contributed by atoms with Gasteiger partial charge in [-0.25, -0.2) is 0 Å². The van der Waals surface area contributed by atoms with Crippen LogP contribution in [0.2, 0.25) is 10.0 Å². The Morgan fingerprint density at radius 1 is 1.33 bits per heavy atom. The maximum absolute atomic E-state index is 12.1. The summed E-state index contributed by atoms with van der Waals surface area (Å²) < 4.78 is 0. The topological polar surface area (TPSA) is 57.6 Å². The lowest BCUT2D eigenvalue weighted by Crippen LogP contribution is -2.29. The van der Waals surface area contributed by atoms with Crippen LogP contribution in [0.15, 0.2) is 18.2 Å². The number of aliphatic carboxylic acids is 1. The summed E-state index contributed by atoms with van der Waals surface area (Å²) in [5, 5.41) is 9.92. The van der Waals surface area contributed by atoms with Gasteiger partial charge in [0.15, 0.2) is 0 Å². The Hall–Kier alpha value is -1.26. The van der Waals surface area contributed by atoms with Crippen molar-refractivity contribution in [1.82, 2.24) is 4.90 Å². The van der Waals surface area contributed by atoms with Crippen LogP contribution in [0.1, 0.15) is 24.8 Å². The summed E-state index contributed by atoms with van der Waals surface area (Å²) in [5.41, 5.74) is 0.899. The Kier molecular flexibility index (Phi) is 5.48. The van der Waals surface area contributed by atoms with Crippen LogP contribution in [0.25, 0.3) is 0 Å². The smallest absolute Gasteiger partial charge is 0.303 e. The highest BCUT2D eigenvalue weighted by Crippen LogP contribution is 2.24. The average molecular weight is 330 g/mol. The number of halogens is 2. The number of carboxylic acids is 1. The molecular formula is C15H17Cl2NO3. The molecule has 1 heterocycles. The zero-order chi connectivity index (χ0) is 15.4. The molecule has 1 amide bonds. The molecule has 6 heteroatoms. The van der Waals surface area contributed by atoms with Gasteiger partial charge in [0.25, 0.3) is 0 Å². The van der Waals surface area contributed by atoms with Crippen LogP contribution in [0.5, 0.6) is 0 Å². The Labute approximate surface area is 133 Å². The van der Waals surface area contributed by atoms with E-state index in [1.165, 1.54) is 0 Å². The Bertz CT molecular complexity index is 548. The monoisotopic (exact) mass is 329 g/mol. The summed E-state index contributed by atoms with van der Waals surface area (Å²) in [7, 11) is 0. The van der Waals surface area contributed by atoms with Crippen LogP contribution < -0.4 is 0 Å². The van der Waals surface area contributed by atoms with E-state index in [1.54, 1.807) is 17.0 Å². The molecule has 1 aromatic rings. The molecule has 0 saturated carbocycles. The summed E-state index contributed by atoms with van der Waals surface area (Å²) in [6.07, 6.45) is 1.84. The van der Waals surface area contributed by atoms with E-state index in [9.17, 15) is 9.59 Å². The first kappa shape index (κ1) is 16.1. The standard InChI is InChI=1S/C15H17Cl2NO3/c16-12-3-1-11(13(17)8-12)2-4-14(19)18-6-5-10(9-18)7-15(20)21/h1,3,8,10H,2,4-7,9H2,(H,20,21). The van der Waals surface area contributed by atoms with E-state index in [-0.39, 0.29) is 18.2 Å². The second kappa shape index (κ2) is 7.14. The van der Waals surface area contributed by atoms with E-state index in [0.717, 1.165) is 12.0 Å². The largest absolute Gasteiger partial charge is 0.481 e. The van der Waals surface area contributed by atoms with Crippen molar-refractivity contribution in [3.8, 4) is 0 Å². The molecule has 0 radical (unpaired) electrons. The van der Waals surface area contributed by atoms with E-state index >= 15 is 0 Å². The van der Waals surface area contributed by atoms with Crippen LogP contribution in [0, 0.1) is 5.92 Å². The highest BCUT2D eigenvalue weighted by molar-refractivity contribution is 6.35. The molecule has 21 heavy (non-hydrogen) atoms. The van der Waals surface area contributed by atoms with Gasteiger partial charge in [-0.15, -0.1) is 0 Å². The molecule has 1 atom stereocenters. The van der Waals surface area contributed by atoms with Gasteiger partial charge in [0, 0.05) is 36.0 Å². The van der Waals surface area contributed by atoms with Crippen LogP contribution in [-0.4, -0.2) is 35.0 Å². The number of carbonyl (C=O) groups is 2. The van der Waals surface area contributed by atoms with E-state index in [1.807, 2.05) is 6.07 Å². The summed E-state index contributed by atoms with van der Waals surface area (Å²) >= 11 is 11.9. The van der Waals surface area contributed by atoms with Crippen LogP contribution in [-0.2, 0) is 16.0 Å². The number of rotatable bonds is 5. The predicted molar refractivity (Wildman–Crippen MR) is 81.7 cm³/mol. The van der Waals surface area contributed by atoms with Crippen LogP contribution in [0.4, 0.5) is 0 Å². The van der Waals surface area contributed by atoms with Gasteiger partial charge in [-0.05, 0) is 36.5 Å². The highest BCUT2D eigenvalue weighted by atomic mass is 35.5. The SMILES string of the molecule is O=C(O)CC1CCN(C(=O)CCc2ccc(Cl)cc2Cl)C1. The van der Waals surface area contributed by atoms with E-state index in [0.29, 0.717) is 36.0 Å². The zero-order valence-corrected chi connectivity index (χ0v) is 13.0. The molecule has 1 aliphatic rings. The molecule has 0 aromatic heterocycles. The highest BCUT2D eigenvalue weighted by Gasteiger charge is 2.27. The number of hydrogen-bond donors (Lipinski definition) is 1. The average Bonchev–Trinajstić information content (AvgIpc) is 2.85. The maximum Gasteiger partial charge on any atom is 0.303 e. The third-order valence-electron chi connectivity index (χ3n) is 3.73. The fraction of sp³-hybridized carbons (Fsp3) is 0.467. The molecule has 2 rings (SSSR count). The fourth-order valence-corrected chi connectivity index (χ4v) is 3.10. The molecule has 1 fully saturated rings. The van der Waals surface area contributed by atoms with Gasteiger partial charge in [-0.1, -0.05) is 29.3 Å². The van der Waals surface area contributed by atoms with Gasteiger partial charge >= 0.3 is 5.97 Å². The minimum absolute atomic E-state index is 0.0499. The summed E-state index contributed by atoms with van der Waals surface area (Å²) in [4.78, 5) is 24.6. The molecule has 0 bridgehead atoms. The lowest BCUT2D eigenvalue weighted by molar-refractivity contribution is -0.138. The summed E-state index contributed by atoms with van der Waals surface area (Å²) in [5.74, 6) is -0.679. The molecule has 1 unspecified atom stereocenters. The van der Waals surface area contributed by atoms with Gasteiger partial charge in [0.2, 0.25) is 5.91 Å². The van der Waals surface area contributed by atoms with Gasteiger partial charge in [0.1, 0.15) is 0 Å². The second-order valence-corrected chi connectivity index (χ2v) is 6.17. The number of hydrogen-bond acceptors (Lipinski definition) is 2. The predicted octanol–water partition coefficient (Wildman–Crippen LogP) is 3.25. The minimum Gasteiger partial charge on any atom is -0.481 e. The molecule has 1 N–H and O–H groups in total. The van der Waals surface area contributed by atoms with Crippen molar-refractivity contribution in [2.45, 2.75) is 25.7 Å². The molecule has 4 nitrogen and oxygen atoms in total. The first-order valence-corrected chi connectivity index (χ1v) is 7.65. The minimum atomic E-state index is -0.803. The van der Waals surface area contributed by atoms with Crippen molar-refractivity contribution in [2.24, 2.45) is 5.92 Å². The fourth-order valence-electron chi connectivity index (χ4n) is 2.60. The number of carbonyl (C=O) groups excluding carboxylic acids is 1. The first-order valence-electron chi connectivity index (χ1n) is 6.89. The molecular weight excluding hydrogens is 313 g/mol. The first-order chi connectivity index (χ1) is 9.95. The van der Waals surface area contributed by atoms with Crippen molar-refractivity contribution >= 4 is 35.1 Å². The number of nitrogens with zero attached hydrogens (tertiary/aromatic N) is 1. The normalized spacial score (nSPS) is 18.0. The summed E-state index contributed by atoms with van der Waals surface area (Å²) in [6, 6.07) is 5.25. The molecule has 0 spiro atoms. The quantitative estimate of drug-likeness (QED) is 0.902. The van der Waals surface area contributed by atoms with Crippen molar-refractivity contribution in [3.63, 3.8) is 0 Å². The Morgan fingerprint density at radius 3 is 2.76 bits per heavy atom. The third kappa shape index (κ3) is 4.61. The molecule has 0 aliphatic carbocycles. The molecule has 114 valence electrons. The lowest BCUT2D eigenvalue weighted by Gasteiger charge is -2.16. The number of benzene rings is 1. The van der Waals surface area contributed by atoms with Gasteiger partial charge in [-0.3, -0.25) is 9.59 Å². The van der Waals surface area contributed by atoms with Crippen LogP contribution >= 0.6 is 23.2 Å². The van der Waals surface area contributed by atoms with Crippen LogP contribution in [0.3, 0.4) is 0 Å². The summed E-state index contributed by atoms with van der Waals surface area (Å²) in [6.45, 7) is 1.19. The lowest BCUT2D eigenvalue weighted by atomic mass is 10.1. The van der Waals surface area contributed by atoms with E-state index < -0.39 is 5.97 Å². The molecule has 1 saturated heterocycles. The Morgan fingerprint density at radius 2 is 2.10 bits per heavy atom. The number of carboxylic acid groups (broad SMARTS) is 1. The number of amides is 1. The second-order valence-electron chi connectivity index (χ2n) is 5.33. The number of aryl methyl sites for hydroxylation is 1. The Balaban J connectivity index is 1.84. The van der Waals surface area contributed by atoms with Crippen molar-refractivity contribution < 1.29 is 14.7 Å². The van der Waals surface area contributed by atoms with Gasteiger partial charge in [0.05, 0.1) is 0 Å². The van der Waals surface area contributed by atoms with Crippen molar-refractivity contribution in [1.29, 1.82) is 0 Å². The van der Waals surface area contributed by atoms with Gasteiger partial charge in [-0.2, -0.15) is 0 Å².